The van der Waals surface area contributed by atoms with Crippen molar-refractivity contribution in [2.45, 2.75) is 19.9 Å². The van der Waals surface area contributed by atoms with E-state index in [1.807, 2.05) is 0 Å². The van der Waals surface area contributed by atoms with Crippen LogP contribution in [0.4, 0.5) is 5.69 Å². The van der Waals surface area contributed by atoms with Gasteiger partial charge in [-0.15, -0.1) is 0 Å². The van der Waals surface area contributed by atoms with Gasteiger partial charge in [0, 0.05) is 19.7 Å². The number of carboxylic acids is 1. The van der Waals surface area contributed by atoms with Crippen LogP contribution in [-0.4, -0.2) is 37.4 Å². The standard InChI is InChI=1S/C13H18ClNO3/c1-9(2)15(6-7-18-3)12-5-4-10(13(16)17)8-11(12)14/h4-5,8-9H,6-7H2,1-3H3,(H,16,17). The van der Waals surface area contributed by atoms with E-state index in [1.54, 1.807) is 19.2 Å². The second kappa shape index (κ2) is 6.61. The van der Waals surface area contributed by atoms with E-state index in [9.17, 15) is 4.79 Å². The molecule has 100 valence electrons. The highest BCUT2D eigenvalue weighted by atomic mass is 35.5. The van der Waals surface area contributed by atoms with E-state index in [1.165, 1.54) is 6.07 Å². The summed E-state index contributed by atoms with van der Waals surface area (Å²) < 4.78 is 5.07. The molecule has 0 heterocycles. The van der Waals surface area contributed by atoms with Crippen molar-refractivity contribution in [2.75, 3.05) is 25.2 Å². The minimum absolute atomic E-state index is 0.194. The number of ether oxygens (including phenoxy) is 1. The molecular formula is C13H18ClNO3. The lowest BCUT2D eigenvalue weighted by atomic mass is 10.1. The lowest BCUT2D eigenvalue weighted by Gasteiger charge is -2.29. The molecular weight excluding hydrogens is 254 g/mol. The molecule has 0 aliphatic rings. The molecule has 1 aromatic carbocycles. The summed E-state index contributed by atoms with van der Waals surface area (Å²) >= 11 is 6.15. The van der Waals surface area contributed by atoms with Gasteiger partial charge in [0.1, 0.15) is 0 Å². The summed E-state index contributed by atoms with van der Waals surface area (Å²) in [6, 6.07) is 5.03. The summed E-state index contributed by atoms with van der Waals surface area (Å²) in [7, 11) is 1.65. The first kappa shape index (κ1) is 14.8. The van der Waals surface area contributed by atoms with Crippen LogP contribution in [0.2, 0.25) is 5.02 Å². The predicted molar refractivity (Wildman–Crippen MR) is 72.8 cm³/mol. The number of nitrogens with zero attached hydrogens (tertiary/aromatic N) is 1. The van der Waals surface area contributed by atoms with Gasteiger partial charge >= 0.3 is 5.97 Å². The van der Waals surface area contributed by atoms with Gasteiger partial charge in [-0.1, -0.05) is 11.6 Å². The van der Waals surface area contributed by atoms with E-state index in [4.69, 9.17) is 21.4 Å². The van der Waals surface area contributed by atoms with E-state index in [2.05, 4.69) is 18.7 Å². The molecule has 0 atom stereocenters. The fourth-order valence-corrected chi connectivity index (χ4v) is 2.01. The summed E-state index contributed by atoms with van der Waals surface area (Å²) in [5, 5.41) is 9.34. The molecule has 0 amide bonds. The van der Waals surface area contributed by atoms with Crippen LogP contribution in [0.3, 0.4) is 0 Å². The number of benzene rings is 1. The lowest BCUT2D eigenvalue weighted by Crippen LogP contribution is -2.34. The van der Waals surface area contributed by atoms with Crippen molar-refractivity contribution >= 4 is 23.3 Å². The average molecular weight is 272 g/mol. The molecule has 18 heavy (non-hydrogen) atoms. The molecule has 0 saturated carbocycles. The van der Waals surface area contributed by atoms with E-state index >= 15 is 0 Å². The Bertz CT molecular complexity index is 421. The number of halogens is 1. The SMILES string of the molecule is COCCN(c1ccc(C(=O)O)cc1Cl)C(C)C. The monoisotopic (exact) mass is 271 g/mol. The number of carbonyl (C=O) groups is 1. The smallest absolute Gasteiger partial charge is 0.335 e. The Kier molecular flexibility index (Phi) is 5.44. The summed E-state index contributed by atoms with van der Waals surface area (Å²) in [6.07, 6.45) is 0. The molecule has 1 N–H and O–H groups in total. The lowest BCUT2D eigenvalue weighted by molar-refractivity contribution is 0.0697. The maximum absolute atomic E-state index is 10.8. The topological polar surface area (TPSA) is 49.8 Å². The third kappa shape index (κ3) is 3.62. The Morgan fingerprint density at radius 3 is 2.61 bits per heavy atom. The van der Waals surface area contributed by atoms with Crippen LogP contribution < -0.4 is 4.90 Å². The van der Waals surface area contributed by atoms with Gasteiger partial charge in [0.2, 0.25) is 0 Å². The van der Waals surface area contributed by atoms with Gasteiger partial charge in [-0.05, 0) is 32.0 Å². The number of methoxy groups -OCH3 is 1. The number of hydrogen-bond donors (Lipinski definition) is 1. The molecule has 0 fully saturated rings. The molecule has 0 aliphatic heterocycles. The minimum atomic E-state index is -0.976. The van der Waals surface area contributed by atoms with Crippen molar-refractivity contribution in [3.63, 3.8) is 0 Å². The van der Waals surface area contributed by atoms with Crippen LogP contribution in [0.1, 0.15) is 24.2 Å². The number of hydrogen-bond acceptors (Lipinski definition) is 3. The molecule has 4 nitrogen and oxygen atoms in total. The van der Waals surface area contributed by atoms with Crippen molar-refractivity contribution in [2.24, 2.45) is 0 Å². The van der Waals surface area contributed by atoms with Gasteiger partial charge < -0.3 is 14.7 Å². The molecule has 1 aromatic rings. The molecule has 0 saturated heterocycles. The fourth-order valence-electron chi connectivity index (χ4n) is 1.72. The maximum Gasteiger partial charge on any atom is 0.335 e. The normalized spacial score (nSPS) is 10.7. The Labute approximate surface area is 112 Å². The summed E-state index contributed by atoms with van der Waals surface area (Å²) in [5.74, 6) is -0.976. The quantitative estimate of drug-likeness (QED) is 0.864. The average Bonchev–Trinajstić information content (AvgIpc) is 2.30. The second-order valence-corrected chi connectivity index (χ2v) is 4.66. The highest BCUT2D eigenvalue weighted by Crippen LogP contribution is 2.28. The van der Waals surface area contributed by atoms with Crippen LogP contribution in [0.5, 0.6) is 0 Å². The third-order valence-electron chi connectivity index (χ3n) is 2.66. The largest absolute Gasteiger partial charge is 0.478 e. The summed E-state index contributed by atoms with van der Waals surface area (Å²) in [4.78, 5) is 12.9. The first-order valence-corrected chi connectivity index (χ1v) is 6.13. The zero-order valence-electron chi connectivity index (χ0n) is 10.8. The first-order valence-electron chi connectivity index (χ1n) is 5.75. The Morgan fingerprint density at radius 2 is 2.17 bits per heavy atom. The zero-order valence-corrected chi connectivity index (χ0v) is 11.6. The van der Waals surface area contributed by atoms with Crippen LogP contribution in [-0.2, 0) is 4.74 Å². The number of aromatic carboxylic acids is 1. The van der Waals surface area contributed by atoms with Crippen LogP contribution in [0.25, 0.3) is 0 Å². The second-order valence-electron chi connectivity index (χ2n) is 4.25. The van der Waals surface area contributed by atoms with Gasteiger partial charge in [-0.3, -0.25) is 0 Å². The van der Waals surface area contributed by atoms with Crippen molar-refractivity contribution in [3.8, 4) is 0 Å². The van der Waals surface area contributed by atoms with Gasteiger partial charge in [-0.25, -0.2) is 4.79 Å². The predicted octanol–water partition coefficient (Wildman–Crippen LogP) is 2.90. The maximum atomic E-state index is 10.8. The zero-order chi connectivity index (χ0) is 13.7. The minimum Gasteiger partial charge on any atom is -0.478 e. The van der Waals surface area contributed by atoms with Crippen LogP contribution in [0, 0.1) is 0 Å². The Morgan fingerprint density at radius 1 is 1.50 bits per heavy atom. The third-order valence-corrected chi connectivity index (χ3v) is 2.97. The highest BCUT2D eigenvalue weighted by Gasteiger charge is 2.15. The molecule has 0 unspecified atom stereocenters. The molecule has 1 rings (SSSR count). The van der Waals surface area contributed by atoms with E-state index in [0.29, 0.717) is 18.2 Å². The highest BCUT2D eigenvalue weighted by molar-refractivity contribution is 6.33. The number of rotatable bonds is 6. The van der Waals surface area contributed by atoms with Crippen molar-refractivity contribution in [3.05, 3.63) is 28.8 Å². The van der Waals surface area contributed by atoms with Crippen LogP contribution >= 0.6 is 11.6 Å². The van der Waals surface area contributed by atoms with E-state index in [0.717, 1.165) is 5.69 Å². The summed E-state index contributed by atoms with van der Waals surface area (Å²) in [6.45, 7) is 5.41. The van der Waals surface area contributed by atoms with Crippen molar-refractivity contribution in [1.82, 2.24) is 0 Å². The molecule has 0 aromatic heterocycles. The molecule has 5 heteroatoms. The summed E-state index contributed by atoms with van der Waals surface area (Å²) in [5.41, 5.74) is 1.02. The fraction of sp³-hybridized carbons (Fsp3) is 0.462. The first-order chi connectivity index (χ1) is 8.47. The van der Waals surface area contributed by atoms with E-state index < -0.39 is 5.97 Å². The van der Waals surface area contributed by atoms with Gasteiger partial charge in [0.25, 0.3) is 0 Å². The molecule has 0 bridgehead atoms. The van der Waals surface area contributed by atoms with E-state index in [-0.39, 0.29) is 11.6 Å². The molecule has 0 spiro atoms. The van der Waals surface area contributed by atoms with Crippen molar-refractivity contribution < 1.29 is 14.6 Å². The number of carboxylic acid groups (broad SMARTS) is 1. The molecule has 0 aliphatic carbocycles. The molecule has 0 radical (unpaired) electrons. The van der Waals surface area contributed by atoms with Gasteiger partial charge in [0.15, 0.2) is 0 Å². The van der Waals surface area contributed by atoms with Gasteiger partial charge in [0.05, 0.1) is 22.9 Å². The van der Waals surface area contributed by atoms with Crippen LogP contribution in [0.15, 0.2) is 18.2 Å². The number of anilines is 1. The Balaban J connectivity index is 3.01. The van der Waals surface area contributed by atoms with Crippen molar-refractivity contribution in [1.29, 1.82) is 0 Å². The Hall–Kier alpha value is -1.26. The van der Waals surface area contributed by atoms with Gasteiger partial charge in [-0.2, -0.15) is 0 Å².